The zero-order chi connectivity index (χ0) is 15.0. The van der Waals surface area contributed by atoms with Gasteiger partial charge in [0, 0.05) is 4.91 Å². The Labute approximate surface area is 136 Å². The molecule has 2 aromatic carbocycles. The summed E-state index contributed by atoms with van der Waals surface area (Å²) in [6.07, 6.45) is 1.77. The van der Waals surface area contributed by atoms with Gasteiger partial charge in [0.05, 0.1) is 5.56 Å². The molecule has 2 N–H and O–H groups in total. The Bertz CT molecular complexity index is 827. The van der Waals surface area contributed by atoms with E-state index in [2.05, 4.69) is 5.32 Å². The van der Waals surface area contributed by atoms with Crippen LogP contribution in [0.2, 0.25) is 0 Å². The number of aromatic carboxylic acids is 1. The molecule has 3 rings (SSSR count). The van der Waals surface area contributed by atoms with Crippen LogP contribution in [0.5, 0.6) is 0 Å². The predicted octanol–water partition coefficient (Wildman–Crippen LogP) is 3.83. The molecule has 21 heavy (non-hydrogen) atoms. The maximum absolute atomic E-state index is 11.6. The molecular formula is C15H9NO2S3. The summed E-state index contributed by atoms with van der Waals surface area (Å²) in [5, 5.41) is 14.0. The molecule has 1 saturated heterocycles. The maximum atomic E-state index is 11.6. The minimum absolute atomic E-state index is 0.279. The van der Waals surface area contributed by atoms with E-state index >= 15 is 0 Å². The van der Waals surface area contributed by atoms with Crippen molar-refractivity contribution in [1.82, 2.24) is 5.32 Å². The van der Waals surface area contributed by atoms with Crippen LogP contribution in [0.3, 0.4) is 0 Å². The predicted molar refractivity (Wildman–Crippen MR) is 94.8 cm³/mol. The van der Waals surface area contributed by atoms with E-state index < -0.39 is 5.97 Å². The van der Waals surface area contributed by atoms with Gasteiger partial charge >= 0.3 is 5.97 Å². The van der Waals surface area contributed by atoms with Crippen molar-refractivity contribution in [2.24, 2.45) is 0 Å². The molecule has 0 aliphatic carbocycles. The number of carbonyl (C=O) groups is 1. The molecule has 2 aromatic rings. The average Bonchev–Trinajstić information content (AvgIpc) is 2.76. The first-order chi connectivity index (χ1) is 10.1. The normalized spacial score (nSPS) is 16.5. The Hall–Kier alpha value is -1.76. The highest BCUT2D eigenvalue weighted by Crippen LogP contribution is 2.30. The van der Waals surface area contributed by atoms with Crippen molar-refractivity contribution in [1.29, 1.82) is 0 Å². The fraction of sp³-hybridized carbons (Fsp3) is 0. The fourth-order valence-corrected chi connectivity index (χ4v) is 3.68. The molecule has 1 aliphatic rings. The van der Waals surface area contributed by atoms with Crippen LogP contribution in [0.4, 0.5) is 0 Å². The molecule has 0 unspecified atom stereocenters. The van der Waals surface area contributed by atoms with Crippen molar-refractivity contribution in [3.05, 3.63) is 52.4 Å². The van der Waals surface area contributed by atoms with Crippen molar-refractivity contribution in [2.75, 3.05) is 0 Å². The zero-order valence-corrected chi connectivity index (χ0v) is 13.1. The topological polar surface area (TPSA) is 49.3 Å². The molecule has 0 spiro atoms. The molecule has 0 amide bonds. The lowest BCUT2D eigenvalue weighted by Crippen LogP contribution is -2.15. The van der Waals surface area contributed by atoms with Gasteiger partial charge < -0.3 is 10.4 Å². The third-order valence-corrected chi connectivity index (χ3v) is 4.74. The lowest BCUT2D eigenvalue weighted by atomic mass is 9.98. The summed E-state index contributed by atoms with van der Waals surface area (Å²) >= 11 is 11.6. The van der Waals surface area contributed by atoms with Crippen molar-refractivity contribution < 1.29 is 9.90 Å². The van der Waals surface area contributed by atoms with Gasteiger partial charge in [-0.2, -0.15) is 0 Å². The second-order valence-corrected chi connectivity index (χ2v) is 6.54. The molecule has 104 valence electrons. The molecule has 3 nitrogen and oxygen atoms in total. The number of carboxylic acids is 1. The highest BCUT2D eigenvalue weighted by atomic mass is 32.2. The first kappa shape index (κ1) is 14.2. The zero-order valence-electron chi connectivity index (χ0n) is 10.6. The monoisotopic (exact) mass is 331 g/mol. The van der Waals surface area contributed by atoms with Gasteiger partial charge in [0.1, 0.15) is 9.31 Å². The van der Waals surface area contributed by atoms with E-state index in [1.807, 2.05) is 30.3 Å². The highest BCUT2D eigenvalue weighted by molar-refractivity contribution is 8.27. The summed E-state index contributed by atoms with van der Waals surface area (Å²) < 4.78 is 0.587. The van der Waals surface area contributed by atoms with E-state index in [9.17, 15) is 9.90 Å². The van der Waals surface area contributed by atoms with Crippen molar-refractivity contribution in [3.63, 3.8) is 0 Å². The Morgan fingerprint density at radius 2 is 1.95 bits per heavy atom. The van der Waals surface area contributed by atoms with Crippen LogP contribution in [0.25, 0.3) is 16.8 Å². The van der Waals surface area contributed by atoms with E-state index in [0.29, 0.717) is 20.3 Å². The molecule has 1 aliphatic heterocycles. The summed E-state index contributed by atoms with van der Waals surface area (Å²) in [6, 6.07) is 11.1. The van der Waals surface area contributed by atoms with Gasteiger partial charge in [0.15, 0.2) is 0 Å². The van der Waals surface area contributed by atoms with Crippen molar-refractivity contribution in [3.8, 4) is 0 Å². The number of hydrogen-bond donors (Lipinski definition) is 2. The van der Waals surface area contributed by atoms with E-state index in [1.54, 1.807) is 12.1 Å². The van der Waals surface area contributed by atoms with E-state index in [-0.39, 0.29) is 5.56 Å². The number of nitrogens with one attached hydrogen (secondary N) is 1. The standard InChI is InChI=1S/C15H9NO2S3/c17-14(18)12-9(7-11-13(19)16-15(20)21-11)6-5-8-3-1-2-4-10(8)12/h1-7H,(H,17,18)(H,16,19,20)/b11-7+. The number of hydrogen-bond acceptors (Lipinski definition) is 4. The first-order valence-corrected chi connectivity index (χ1v) is 7.69. The average molecular weight is 331 g/mol. The molecule has 6 heteroatoms. The molecular weight excluding hydrogens is 322 g/mol. The minimum atomic E-state index is -0.955. The van der Waals surface area contributed by atoms with E-state index in [0.717, 1.165) is 10.3 Å². The van der Waals surface area contributed by atoms with Crippen LogP contribution in [0, 0.1) is 0 Å². The van der Waals surface area contributed by atoms with Gasteiger partial charge in [-0.15, -0.1) is 0 Å². The van der Waals surface area contributed by atoms with Crippen LogP contribution < -0.4 is 5.32 Å². The summed E-state index contributed by atoms with van der Waals surface area (Å²) in [4.78, 5) is 13.0. The quantitative estimate of drug-likeness (QED) is 0.644. The van der Waals surface area contributed by atoms with Crippen LogP contribution in [-0.4, -0.2) is 20.4 Å². The number of fused-ring (bicyclic) bond motifs is 1. The second-order valence-electron chi connectivity index (χ2n) is 4.41. The van der Waals surface area contributed by atoms with Crippen molar-refractivity contribution >= 4 is 68.3 Å². The number of thioether (sulfide) groups is 1. The van der Waals surface area contributed by atoms with Gasteiger partial charge in [-0.05, 0) is 22.4 Å². The Morgan fingerprint density at radius 1 is 1.19 bits per heavy atom. The molecule has 1 heterocycles. The van der Waals surface area contributed by atoms with Crippen LogP contribution in [0.15, 0.2) is 41.3 Å². The Morgan fingerprint density at radius 3 is 2.62 bits per heavy atom. The third kappa shape index (κ3) is 2.70. The molecule has 0 aromatic heterocycles. The van der Waals surface area contributed by atoms with Crippen LogP contribution in [0.1, 0.15) is 15.9 Å². The molecule has 1 fully saturated rings. The summed E-state index contributed by atoms with van der Waals surface area (Å²) in [6.45, 7) is 0. The van der Waals surface area contributed by atoms with Gasteiger partial charge in [-0.3, -0.25) is 0 Å². The minimum Gasteiger partial charge on any atom is -0.478 e. The van der Waals surface area contributed by atoms with Crippen LogP contribution >= 0.6 is 36.2 Å². The van der Waals surface area contributed by atoms with Gasteiger partial charge in [-0.25, -0.2) is 4.79 Å². The van der Waals surface area contributed by atoms with Gasteiger partial charge in [0.2, 0.25) is 0 Å². The Kier molecular flexibility index (Phi) is 3.75. The number of benzene rings is 2. The number of thiocarbonyl (C=S) groups is 2. The smallest absolute Gasteiger partial charge is 0.336 e. The summed E-state index contributed by atoms with van der Waals surface area (Å²) in [5.41, 5.74) is 0.902. The van der Waals surface area contributed by atoms with Crippen LogP contribution in [-0.2, 0) is 0 Å². The van der Waals surface area contributed by atoms with E-state index in [1.165, 1.54) is 11.8 Å². The SMILES string of the molecule is O=C(O)c1c(/C=C2/SC(=S)NC2=S)ccc2ccccc12. The fourth-order valence-electron chi connectivity index (χ4n) is 2.21. The third-order valence-electron chi connectivity index (χ3n) is 3.10. The molecule has 0 bridgehead atoms. The summed E-state index contributed by atoms with van der Waals surface area (Å²) in [5.74, 6) is -0.955. The molecule has 0 radical (unpaired) electrons. The highest BCUT2D eigenvalue weighted by Gasteiger charge is 2.20. The number of carboxylic acid groups (broad SMARTS) is 1. The largest absolute Gasteiger partial charge is 0.478 e. The Balaban J connectivity index is 2.21. The summed E-state index contributed by atoms with van der Waals surface area (Å²) in [7, 11) is 0. The van der Waals surface area contributed by atoms with Gasteiger partial charge in [-0.1, -0.05) is 72.6 Å². The second kappa shape index (κ2) is 5.55. The van der Waals surface area contributed by atoms with Gasteiger partial charge in [0.25, 0.3) is 0 Å². The molecule has 0 atom stereocenters. The van der Waals surface area contributed by atoms with Crippen molar-refractivity contribution in [2.45, 2.75) is 0 Å². The van der Waals surface area contributed by atoms with E-state index in [4.69, 9.17) is 24.4 Å². The first-order valence-electron chi connectivity index (χ1n) is 6.06. The maximum Gasteiger partial charge on any atom is 0.336 e. The number of rotatable bonds is 2. The lowest BCUT2D eigenvalue weighted by molar-refractivity contribution is 0.0699. The molecule has 0 saturated carbocycles. The lowest BCUT2D eigenvalue weighted by Gasteiger charge is -2.07.